The fourth-order valence-electron chi connectivity index (χ4n) is 3.80. The first-order valence-electron chi connectivity index (χ1n) is 10.9. The molecule has 0 aromatic heterocycles. The topological polar surface area (TPSA) is 86.7 Å². The van der Waals surface area contributed by atoms with Gasteiger partial charge in [-0.05, 0) is 38.3 Å². The molecule has 1 aliphatic heterocycles. The standard InChI is InChI=1S/C23H34O6S/c1-18-13-9-6-4-3-5-7-12-16-21(28-2)20(24)17-22(23(25)29-18)30(26,27)19-14-10-8-11-15-19/h8,10-11,14-15,18,21-22H,3-7,9,12-13,16-17H2,1-2H3/t18-,21+,22?/m1/s1. The van der Waals surface area contributed by atoms with Crippen LogP contribution in [0.2, 0.25) is 0 Å². The van der Waals surface area contributed by atoms with Gasteiger partial charge in [-0.15, -0.1) is 0 Å². The van der Waals surface area contributed by atoms with Crippen LogP contribution in [0.25, 0.3) is 0 Å². The lowest BCUT2D eigenvalue weighted by molar-refractivity contribution is -0.149. The van der Waals surface area contributed by atoms with Gasteiger partial charge in [0, 0.05) is 13.5 Å². The quantitative estimate of drug-likeness (QED) is 0.656. The van der Waals surface area contributed by atoms with Crippen molar-refractivity contribution < 1.29 is 27.5 Å². The fourth-order valence-corrected chi connectivity index (χ4v) is 5.35. The van der Waals surface area contributed by atoms with E-state index in [-0.39, 0.29) is 10.7 Å². The summed E-state index contributed by atoms with van der Waals surface area (Å²) in [6, 6.07) is 7.75. The first-order chi connectivity index (χ1) is 14.4. The molecule has 0 aliphatic carbocycles. The lowest BCUT2D eigenvalue weighted by Crippen LogP contribution is -2.38. The second kappa shape index (κ2) is 12.2. The minimum atomic E-state index is -4.07. The fraction of sp³-hybridized carbons (Fsp3) is 0.652. The molecule has 1 saturated heterocycles. The molecule has 7 heteroatoms. The maximum absolute atomic E-state index is 13.2. The van der Waals surface area contributed by atoms with E-state index in [1.165, 1.54) is 19.2 Å². The van der Waals surface area contributed by atoms with Crippen molar-refractivity contribution in [3.63, 3.8) is 0 Å². The molecule has 0 radical (unpaired) electrons. The minimum absolute atomic E-state index is 0.00998. The van der Waals surface area contributed by atoms with E-state index in [9.17, 15) is 18.0 Å². The normalized spacial score (nSPS) is 26.1. The summed E-state index contributed by atoms with van der Waals surface area (Å²) in [5.74, 6) is -1.24. The molecule has 1 heterocycles. The molecule has 1 aliphatic rings. The van der Waals surface area contributed by atoms with Crippen molar-refractivity contribution in [1.29, 1.82) is 0 Å². The van der Waals surface area contributed by atoms with Gasteiger partial charge < -0.3 is 9.47 Å². The predicted octanol–water partition coefficient (Wildman–Crippen LogP) is 4.26. The first-order valence-corrected chi connectivity index (χ1v) is 12.5. The summed E-state index contributed by atoms with van der Waals surface area (Å²) >= 11 is 0. The van der Waals surface area contributed by atoms with Crippen molar-refractivity contribution in [2.45, 2.75) is 93.5 Å². The Bertz CT molecular complexity index is 774. The number of hydrogen-bond donors (Lipinski definition) is 0. The van der Waals surface area contributed by atoms with Crippen LogP contribution in [-0.2, 0) is 28.9 Å². The molecule has 3 atom stereocenters. The summed E-state index contributed by atoms with van der Waals surface area (Å²) < 4.78 is 37.2. The van der Waals surface area contributed by atoms with E-state index >= 15 is 0 Å². The number of carbonyl (C=O) groups excluding carboxylic acids is 2. The largest absolute Gasteiger partial charge is 0.462 e. The van der Waals surface area contributed by atoms with Crippen LogP contribution in [0.3, 0.4) is 0 Å². The average Bonchev–Trinajstić information content (AvgIpc) is 2.73. The Balaban J connectivity index is 2.28. The number of esters is 1. The summed E-state index contributed by atoms with van der Waals surface area (Å²) in [5, 5.41) is -1.57. The van der Waals surface area contributed by atoms with Gasteiger partial charge in [0.15, 0.2) is 20.9 Å². The number of sulfone groups is 1. The van der Waals surface area contributed by atoms with Crippen molar-refractivity contribution in [2.24, 2.45) is 0 Å². The van der Waals surface area contributed by atoms with E-state index in [1.54, 1.807) is 25.1 Å². The van der Waals surface area contributed by atoms with E-state index in [4.69, 9.17) is 9.47 Å². The number of ether oxygens (including phenoxy) is 2. The van der Waals surface area contributed by atoms with E-state index in [1.807, 2.05) is 0 Å². The van der Waals surface area contributed by atoms with Crippen LogP contribution in [0, 0.1) is 0 Å². The predicted molar refractivity (Wildman–Crippen MR) is 115 cm³/mol. The summed E-state index contributed by atoms with van der Waals surface area (Å²) in [6.45, 7) is 1.77. The van der Waals surface area contributed by atoms with Crippen molar-refractivity contribution in [1.82, 2.24) is 0 Å². The maximum atomic E-state index is 13.2. The van der Waals surface area contributed by atoms with Crippen LogP contribution in [0.5, 0.6) is 0 Å². The second-order valence-corrected chi connectivity index (χ2v) is 10.2. The third-order valence-electron chi connectivity index (χ3n) is 5.63. The van der Waals surface area contributed by atoms with Gasteiger partial charge in [-0.1, -0.05) is 56.7 Å². The second-order valence-electron chi connectivity index (χ2n) is 8.04. The number of ketones is 1. The van der Waals surface area contributed by atoms with Gasteiger partial charge in [-0.25, -0.2) is 8.42 Å². The van der Waals surface area contributed by atoms with E-state index in [0.717, 1.165) is 44.9 Å². The minimum Gasteiger partial charge on any atom is -0.462 e. The highest BCUT2D eigenvalue weighted by atomic mass is 32.2. The van der Waals surface area contributed by atoms with E-state index in [0.29, 0.717) is 12.8 Å². The molecule has 1 unspecified atom stereocenters. The van der Waals surface area contributed by atoms with E-state index < -0.39 is 39.7 Å². The Morgan fingerprint density at radius 3 is 2.07 bits per heavy atom. The number of benzene rings is 1. The highest BCUT2D eigenvalue weighted by molar-refractivity contribution is 7.92. The molecule has 30 heavy (non-hydrogen) atoms. The van der Waals surface area contributed by atoms with Crippen LogP contribution in [-0.4, -0.2) is 44.7 Å². The molecule has 0 bridgehead atoms. The Morgan fingerprint density at radius 1 is 0.900 bits per heavy atom. The number of rotatable bonds is 3. The zero-order chi connectivity index (χ0) is 22.0. The summed E-state index contributed by atoms with van der Waals surface area (Å²) in [7, 11) is -2.62. The van der Waals surface area contributed by atoms with E-state index in [2.05, 4.69) is 0 Å². The van der Waals surface area contributed by atoms with Gasteiger partial charge in [0.2, 0.25) is 0 Å². The summed E-state index contributed by atoms with van der Waals surface area (Å²) in [6.07, 6.45) is 6.87. The molecule has 6 nitrogen and oxygen atoms in total. The number of cyclic esters (lactones) is 1. The molecule has 168 valence electrons. The molecule has 0 saturated carbocycles. The highest BCUT2D eigenvalue weighted by Gasteiger charge is 2.39. The number of methoxy groups -OCH3 is 1. The average molecular weight is 439 g/mol. The third kappa shape index (κ3) is 7.20. The van der Waals surface area contributed by atoms with Crippen LogP contribution in [0.15, 0.2) is 35.2 Å². The smallest absolute Gasteiger partial charge is 0.325 e. The SMILES string of the molecule is CO[C@H]1CCCCCCCCC[C@@H](C)OC(=O)C(S(=O)(=O)c2ccccc2)CC1=O. The van der Waals surface area contributed by atoms with Crippen LogP contribution >= 0.6 is 0 Å². The van der Waals surface area contributed by atoms with Gasteiger partial charge in [0.05, 0.1) is 11.0 Å². The van der Waals surface area contributed by atoms with Gasteiger partial charge >= 0.3 is 5.97 Å². The van der Waals surface area contributed by atoms with Crippen molar-refractivity contribution in [3.8, 4) is 0 Å². The highest BCUT2D eigenvalue weighted by Crippen LogP contribution is 2.23. The zero-order valence-electron chi connectivity index (χ0n) is 18.0. The van der Waals surface area contributed by atoms with Crippen molar-refractivity contribution in [3.05, 3.63) is 30.3 Å². The van der Waals surface area contributed by atoms with Gasteiger partial charge in [0.1, 0.15) is 6.10 Å². The van der Waals surface area contributed by atoms with Crippen LogP contribution in [0.4, 0.5) is 0 Å². The number of carbonyl (C=O) groups is 2. The molecular formula is C23H34O6S. The third-order valence-corrected chi connectivity index (χ3v) is 7.67. The summed E-state index contributed by atoms with van der Waals surface area (Å²) in [5.41, 5.74) is 0. The zero-order valence-corrected chi connectivity index (χ0v) is 18.9. The molecule has 1 fully saturated rings. The molecule has 2 rings (SSSR count). The Morgan fingerprint density at radius 2 is 1.47 bits per heavy atom. The molecule has 1 aromatic rings. The lowest BCUT2D eigenvalue weighted by atomic mass is 10.0. The Hall–Kier alpha value is -1.73. The Kier molecular flexibility index (Phi) is 9.98. The molecule has 0 N–H and O–H groups in total. The number of hydrogen-bond acceptors (Lipinski definition) is 6. The molecule has 0 spiro atoms. The lowest BCUT2D eigenvalue weighted by Gasteiger charge is -2.22. The maximum Gasteiger partial charge on any atom is 0.325 e. The molecule has 0 amide bonds. The van der Waals surface area contributed by atoms with Gasteiger partial charge in [0.25, 0.3) is 0 Å². The van der Waals surface area contributed by atoms with Crippen LogP contribution in [0.1, 0.15) is 71.1 Å². The molecule has 1 aromatic carbocycles. The molecular weight excluding hydrogens is 404 g/mol. The van der Waals surface area contributed by atoms with Crippen molar-refractivity contribution in [2.75, 3.05) is 7.11 Å². The first kappa shape index (κ1) is 24.5. The van der Waals surface area contributed by atoms with Crippen LogP contribution < -0.4 is 0 Å². The van der Waals surface area contributed by atoms with Gasteiger partial charge in [-0.3, -0.25) is 9.59 Å². The summed E-state index contributed by atoms with van der Waals surface area (Å²) in [4.78, 5) is 25.7. The Labute approximate surface area is 180 Å². The monoisotopic (exact) mass is 438 g/mol. The van der Waals surface area contributed by atoms with Crippen molar-refractivity contribution >= 4 is 21.6 Å². The number of Topliss-reactive ketones (excluding diaryl/α,β-unsaturated/α-hetero) is 1. The van der Waals surface area contributed by atoms with Gasteiger partial charge in [-0.2, -0.15) is 0 Å².